The molecule has 0 spiro atoms. The standard InChI is InChI=1S/C24H32N2O7/c1-16(27)32-21(23(30)33-24(2,3)4)20-22(29)26(12-13-31-20)18-9-7-8-17(14-18)15-19(28)25-10-5-6-11-25/h7-9,14,20-21H,5-6,10-13,15H2,1-4H3. The van der Waals surface area contributed by atoms with E-state index < -0.39 is 35.7 Å². The molecule has 2 heterocycles. The molecule has 2 unspecified atom stereocenters. The Morgan fingerprint density at radius 3 is 2.48 bits per heavy atom. The number of morpholine rings is 1. The molecule has 180 valence electrons. The van der Waals surface area contributed by atoms with Gasteiger partial charge in [-0.3, -0.25) is 14.4 Å². The van der Waals surface area contributed by atoms with Gasteiger partial charge in [-0.1, -0.05) is 12.1 Å². The summed E-state index contributed by atoms with van der Waals surface area (Å²) in [5, 5.41) is 0. The molecule has 0 radical (unpaired) electrons. The number of nitrogens with zero attached hydrogens (tertiary/aromatic N) is 2. The number of carbonyl (C=O) groups is 4. The van der Waals surface area contributed by atoms with Crippen molar-refractivity contribution in [2.75, 3.05) is 31.1 Å². The number of amides is 2. The number of likely N-dealkylation sites (tertiary alicyclic amines) is 1. The van der Waals surface area contributed by atoms with E-state index in [9.17, 15) is 19.2 Å². The third kappa shape index (κ3) is 6.54. The van der Waals surface area contributed by atoms with Crippen molar-refractivity contribution in [3.05, 3.63) is 29.8 Å². The second kappa shape index (κ2) is 10.3. The lowest BCUT2D eigenvalue weighted by Gasteiger charge is -2.35. The second-order valence-corrected chi connectivity index (χ2v) is 9.28. The molecule has 0 N–H and O–H groups in total. The van der Waals surface area contributed by atoms with Crippen LogP contribution in [0.1, 0.15) is 46.1 Å². The Bertz CT molecular complexity index is 902. The van der Waals surface area contributed by atoms with E-state index in [1.807, 2.05) is 11.0 Å². The molecule has 2 amide bonds. The van der Waals surface area contributed by atoms with Gasteiger partial charge in [-0.2, -0.15) is 0 Å². The molecular weight excluding hydrogens is 428 g/mol. The molecule has 33 heavy (non-hydrogen) atoms. The lowest BCUT2D eigenvalue weighted by Crippen LogP contribution is -2.56. The zero-order chi connectivity index (χ0) is 24.2. The largest absolute Gasteiger partial charge is 0.457 e. The first-order valence-corrected chi connectivity index (χ1v) is 11.2. The zero-order valence-corrected chi connectivity index (χ0v) is 19.7. The minimum atomic E-state index is -1.52. The summed E-state index contributed by atoms with van der Waals surface area (Å²) >= 11 is 0. The van der Waals surface area contributed by atoms with E-state index in [0.717, 1.165) is 38.4 Å². The topological polar surface area (TPSA) is 102 Å². The van der Waals surface area contributed by atoms with Crippen LogP contribution in [0.3, 0.4) is 0 Å². The predicted octanol–water partition coefficient (Wildman–Crippen LogP) is 1.86. The maximum absolute atomic E-state index is 13.3. The van der Waals surface area contributed by atoms with Crippen LogP contribution in [-0.2, 0) is 39.8 Å². The van der Waals surface area contributed by atoms with Crippen LogP contribution in [0.25, 0.3) is 0 Å². The highest BCUT2D eigenvalue weighted by molar-refractivity contribution is 6.01. The number of ether oxygens (including phenoxy) is 3. The van der Waals surface area contributed by atoms with Crippen LogP contribution in [0.15, 0.2) is 24.3 Å². The molecule has 2 saturated heterocycles. The fourth-order valence-corrected chi connectivity index (χ4v) is 3.94. The van der Waals surface area contributed by atoms with E-state index >= 15 is 0 Å². The van der Waals surface area contributed by atoms with Crippen LogP contribution in [0.5, 0.6) is 0 Å². The van der Waals surface area contributed by atoms with E-state index in [2.05, 4.69) is 0 Å². The fraction of sp³-hybridized carbons (Fsp3) is 0.583. The van der Waals surface area contributed by atoms with Gasteiger partial charge in [0.25, 0.3) is 5.91 Å². The number of benzene rings is 1. The van der Waals surface area contributed by atoms with Gasteiger partial charge in [0, 0.05) is 32.2 Å². The van der Waals surface area contributed by atoms with Crippen LogP contribution in [0.2, 0.25) is 0 Å². The molecule has 2 fully saturated rings. The number of esters is 2. The molecule has 0 aromatic heterocycles. The van der Waals surface area contributed by atoms with E-state index in [1.165, 1.54) is 4.90 Å². The molecular formula is C24H32N2O7. The Hall–Kier alpha value is -2.94. The van der Waals surface area contributed by atoms with Crippen molar-refractivity contribution >= 4 is 29.4 Å². The van der Waals surface area contributed by atoms with Crippen LogP contribution in [0.4, 0.5) is 5.69 Å². The third-order valence-electron chi connectivity index (χ3n) is 5.37. The van der Waals surface area contributed by atoms with Crippen molar-refractivity contribution < 1.29 is 33.4 Å². The van der Waals surface area contributed by atoms with Gasteiger partial charge in [-0.05, 0) is 51.3 Å². The average Bonchev–Trinajstić information content (AvgIpc) is 3.26. The van der Waals surface area contributed by atoms with Crippen LogP contribution >= 0.6 is 0 Å². The van der Waals surface area contributed by atoms with Gasteiger partial charge in [0.15, 0.2) is 6.10 Å². The smallest absolute Gasteiger partial charge is 0.351 e. The van der Waals surface area contributed by atoms with Crippen LogP contribution < -0.4 is 4.90 Å². The highest BCUT2D eigenvalue weighted by Gasteiger charge is 2.44. The van der Waals surface area contributed by atoms with Crippen molar-refractivity contribution in [1.29, 1.82) is 0 Å². The summed E-state index contributed by atoms with van der Waals surface area (Å²) in [6, 6.07) is 7.19. The first kappa shape index (κ1) is 24.7. The third-order valence-corrected chi connectivity index (χ3v) is 5.37. The van der Waals surface area contributed by atoms with Crippen molar-refractivity contribution in [2.45, 2.75) is 64.8 Å². The summed E-state index contributed by atoms with van der Waals surface area (Å²) in [6.45, 7) is 8.17. The molecule has 3 rings (SSSR count). The van der Waals surface area contributed by atoms with Gasteiger partial charge < -0.3 is 24.0 Å². The average molecular weight is 461 g/mol. The predicted molar refractivity (Wildman–Crippen MR) is 119 cm³/mol. The van der Waals surface area contributed by atoms with Crippen molar-refractivity contribution in [2.24, 2.45) is 0 Å². The molecule has 0 saturated carbocycles. The summed E-state index contributed by atoms with van der Waals surface area (Å²) in [4.78, 5) is 53.5. The first-order valence-electron chi connectivity index (χ1n) is 11.2. The SMILES string of the molecule is CC(=O)OC(C(=O)OC(C)(C)C)C1OCCN(c2cccc(CC(=O)N3CCCC3)c2)C1=O. The van der Waals surface area contributed by atoms with Gasteiger partial charge in [-0.25, -0.2) is 4.79 Å². The summed E-state index contributed by atoms with van der Waals surface area (Å²) in [6.07, 6.45) is -0.541. The summed E-state index contributed by atoms with van der Waals surface area (Å²) in [5.74, 6) is -2.01. The van der Waals surface area contributed by atoms with Crippen molar-refractivity contribution in [1.82, 2.24) is 4.90 Å². The molecule has 2 atom stereocenters. The quantitative estimate of drug-likeness (QED) is 0.597. The number of hydrogen-bond acceptors (Lipinski definition) is 7. The van der Waals surface area contributed by atoms with Gasteiger partial charge in [0.05, 0.1) is 13.0 Å². The Morgan fingerprint density at radius 1 is 1.15 bits per heavy atom. The maximum Gasteiger partial charge on any atom is 0.351 e. The minimum Gasteiger partial charge on any atom is -0.457 e. The number of rotatable bonds is 6. The second-order valence-electron chi connectivity index (χ2n) is 9.28. The Balaban J connectivity index is 1.77. The highest BCUT2D eigenvalue weighted by Crippen LogP contribution is 2.24. The van der Waals surface area contributed by atoms with Crippen molar-refractivity contribution in [3.8, 4) is 0 Å². The molecule has 9 nitrogen and oxygen atoms in total. The summed E-state index contributed by atoms with van der Waals surface area (Å²) in [7, 11) is 0. The normalized spacial score (nSPS) is 19.9. The van der Waals surface area contributed by atoms with Gasteiger partial charge >= 0.3 is 11.9 Å². The number of hydrogen-bond donors (Lipinski definition) is 0. The Kier molecular flexibility index (Phi) is 7.73. The Labute approximate surface area is 193 Å². The van der Waals surface area contributed by atoms with E-state index in [0.29, 0.717) is 5.69 Å². The molecule has 1 aromatic carbocycles. The van der Waals surface area contributed by atoms with E-state index in [-0.39, 0.29) is 25.5 Å². The molecule has 0 bridgehead atoms. The highest BCUT2D eigenvalue weighted by atomic mass is 16.6. The van der Waals surface area contributed by atoms with Crippen LogP contribution in [-0.4, -0.2) is 72.7 Å². The maximum atomic E-state index is 13.3. The molecule has 1 aromatic rings. The van der Waals surface area contributed by atoms with Gasteiger partial charge in [-0.15, -0.1) is 0 Å². The van der Waals surface area contributed by atoms with E-state index in [4.69, 9.17) is 14.2 Å². The van der Waals surface area contributed by atoms with Gasteiger partial charge in [0.2, 0.25) is 12.0 Å². The summed E-state index contributed by atoms with van der Waals surface area (Å²) < 4.78 is 16.1. The molecule has 2 aliphatic heterocycles. The first-order chi connectivity index (χ1) is 15.5. The number of anilines is 1. The minimum absolute atomic E-state index is 0.0654. The zero-order valence-electron chi connectivity index (χ0n) is 19.7. The van der Waals surface area contributed by atoms with Gasteiger partial charge in [0.1, 0.15) is 5.60 Å². The summed E-state index contributed by atoms with van der Waals surface area (Å²) in [5.41, 5.74) is 0.554. The van der Waals surface area contributed by atoms with Crippen LogP contribution in [0, 0.1) is 0 Å². The molecule has 9 heteroatoms. The molecule has 0 aliphatic carbocycles. The lowest BCUT2D eigenvalue weighted by atomic mass is 10.1. The monoisotopic (exact) mass is 460 g/mol. The lowest BCUT2D eigenvalue weighted by molar-refractivity contribution is -0.188. The van der Waals surface area contributed by atoms with E-state index in [1.54, 1.807) is 39.0 Å². The number of carbonyl (C=O) groups excluding carboxylic acids is 4. The Morgan fingerprint density at radius 2 is 1.85 bits per heavy atom. The van der Waals surface area contributed by atoms with Crippen molar-refractivity contribution in [3.63, 3.8) is 0 Å². The fourth-order valence-electron chi connectivity index (χ4n) is 3.94. The molecule has 2 aliphatic rings.